The standard InChI is InChI=1S/C19H22N2O4S/c1-4-5-13-20(15-18-12-9-14-25-18)19(22)16(2)21(26(3,23)24)17-10-7-6-8-11-17/h6-12,14,16H,13,15H2,1-3H3/t16-/m0/s1. The number of carbonyl (C=O) groups is 1. The number of benzene rings is 1. The molecule has 1 aromatic heterocycles. The van der Waals surface area contributed by atoms with E-state index in [9.17, 15) is 13.2 Å². The summed E-state index contributed by atoms with van der Waals surface area (Å²) < 4.78 is 31.1. The molecule has 0 unspecified atom stereocenters. The van der Waals surface area contributed by atoms with E-state index in [-0.39, 0.29) is 19.0 Å². The van der Waals surface area contributed by atoms with E-state index in [1.807, 2.05) is 0 Å². The van der Waals surface area contributed by atoms with Gasteiger partial charge < -0.3 is 9.32 Å². The zero-order valence-electron chi connectivity index (χ0n) is 15.0. The predicted octanol–water partition coefficient (Wildman–Crippen LogP) is 2.49. The van der Waals surface area contributed by atoms with Gasteiger partial charge in [-0.05, 0) is 38.1 Å². The molecule has 0 fully saturated rings. The highest BCUT2D eigenvalue weighted by Crippen LogP contribution is 2.21. The lowest BCUT2D eigenvalue weighted by molar-refractivity contribution is -0.132. The number of carbonyl (C=O) groups excluding carboxylic acids is 1. The first-order valence-electron chi connectivity index (χ1n) is 8.10. The van der Waals surface area contributed by atoms with Crippen molar-refractivity contribution in [2.45, 2.75) is 26.4 Å². The van der Waals surface area contributed by atoms with E-state index in [0.29, 0.717) is 11.4 Å². The van der Waals surface area contributed by atoms with Crippen LogP contribution in [0, 0.1) is 11.8 Å². The Bertz CT molecular complexity index is 881. The number of amides is 1. The fourth-order valence-corrected chi connectivity index (χ4v) is 3.79. The van der Waals surface area contributed by atoms with E-state index in [4.69, 9.17) is 4.42 Å². The van der Waals surface area contributed by atoms with Crippen LogP contribution >= 0.6 is 0 Å². The van der Waals surface area contributed by atoms with E-state index in [0.717, 1.165) is 10.6 Å². The topological polar surface area (TPSA) is 70.8 Å². The monoisotopic (exact) mass is 374 g/mol. The minimum Gasteiger partial charge on any atom is -0.467 e. The maximum Gasteiger partial charge on any atom is 0.247 e. The van der Waals surface area contributed by atoms with Gasteiger partial charge in [0.1, 0.15) is 11.8 Å². The Morgan fingerprint density at radius 2 is 1.88 bits per heavy atom. The molecule has 0 radical (unpaired) electrons. The number of furan rings is 1. The minimum absolute atomic E-state index is 0.187. The van der Waals surface area contributed by atoms with Gasteiger partial charge in [-0.1, -0.05) is 24.1 Å². The van der Waals surface area contributed by atoms with E-state index >= 15 is 0 Å². The molecule has 2 aromatic rings. The van der Waals surface area contributed by atoms with Crippen LogP contribution in [0.4, 0.5) is 5.69 Å². The number of rotatable bonds is 7. The van der Waals surface area contributed by atoms with Crippen molar-refractivity contribution >= 4 is 21.6 Å². The van der Waals surface area contributed by atoms with E-state index < -0.39 is 16.1 Å². The lowest BCUT2D eigenvalue weighted by Gasteiger charge is -2.31. The Morgan fingerprint density at radius 1 is 1.19 bits per heavy atom. The van der Waals surface area contributed by atoms with Crippen molar-refractivity contribution in [2.24, 2.45) is 0 Å². The SMILES string of the molecule is CC#CCN(Cc1ccco1)C(=O)[C@H](C)N(c1ccccc1)S(C)(=O)=O. The highest BCUT2D eigenvalue weighted by Gasteiger charge is 2.32. The third kappa shape index (κ3) is 4.90. The van der Waals surface area contributed by atoms with Crippen LogP contribution in [0.15, 0.2) is 53.1 Å². The molecule has 0 saturated carbocycles. The summed E-state index contributed by atoms with van der Waals surface area (Å²) in [5, 5.41) is 0. The highest BCUT2D eigenvalue weighted by molar-refractivity contribution is 7.92. The largest absolute Gasteiger partial charge is 0.467 e. The van der Waals surface area contributed by atoms with Crippen molar-refractivity contribution in [3.8, 4) is 11.8 Å². The highest BCUT2D eigenvalue weighted by atomic mass is 32.2. The number of sulfonamides is 1. The molecule has 2 rings (SSSR count). The lowest BCUT2D eigenvalue weighted by atomic mass is 10.2. The quantitative estimate of drug-likeness (QED) is 0.698. The van der Waals surface area contributed by atoms with Gasteiger partial charge in [0.15, 0.2) is 0 Å². The molecule has 26 heavy (non-hydrogen) atoms. The number of nitrogens with zero attached hydrogens (tertiary/aromatic N) is 2. The van der Waals surface area contributed by atoms with Gasteiger partial charge in [-0.3, -0.25) is 9.10 Å². The average Bonchev–Trinajstić information content (AvgIpc) is 3.11. The molecular formula is C19H22N2O4S. The van der Waals surface area contributed by atoms with Crippen molar-refractivity contribution in [3.05, 3.63) is 54.5 Å². The second-order valence-electron chi connectivity index (χ2n) is 5.77. The van der Waals surface area contributed by atoms with Gasteiger partial charge in [0.25, 0.3) is 0 Å². The summed E-state index contributed by atoms with van der Waals surface area (Å²) in [5.74, 6) is 5.87. The molecule has 0 spiro atoms. The van der Waals surface area contributed by atoms with Gasteiger partial charge in [0.05, 0.1) is 31.3 Å². The maximum absolute atomic E-state index is 13.0. The fraction of sp³-hybridized carbons (Fsp3) is 0.316. The summed E-state index contributed by atoms with van der Waals surface area (Å²) in [6, 6.07) is 11.1. The summed E-state index contributed by atoms with van der Waals surface area (Å²) in [4.78, 5) is 14.5. The molecule has 1 heterocycles. The summed E-state index contributed by atoms with van der Waals surface area (Å²) in [5.41, 5.74) is 0.440. The van der Waals surface area contributed by atoms with Crippen LogP contribution in [0.25, 0.3) is 0 Å². The first-order valence-corrected chi connectivity index (χ1v) is 9.94. The fourth-order valence-electron chi connectivity index (χ4n) is 2.62. The molecule has 0 saturated heterocycles. The molecule has 0 aliphatic carbocycles. The van der Waals surface area contributed by atoms with Crippen LogP contribution in [0.5, 0.6) is 0 Å². The molecule has 138 valence electrons. The minimum atomic E-state index is -3.65. The molecule has 0 aliphatic rings. The average molecular weight is 374 g/mol. The van der Waals surface area contributed by atoms with Gasteiger partial charge in [-0.2, -0.15) is 0 Å². The van der Waals surface area contributed by atoms with Gasteiger partial charge in [-0.15, -0.1) is 5.92 Å². The summed E-state index contributed by atoms with van der Waals surface area (Å²) in [6.45, 7) is 3.67. The number of hydrogen-bond donors (Lipinski definition) is 0. The normalized spacial score (nSPS) is 12.0. The van der Waals surface area contributed by atoms with E-state index in [2.05, 4.69) is 11.8 Å². The first kappa shape index (κ1) is 19.6. The van der Waals surface area contributed by atoms with Gasteiger partial charge in [-0.25, -0.2) is 8.42 Å². The van der Waals surface area contributed by atoms with Crippen LogP contribution in [0.2, 0.25) is 0 Å². The second kappa shape index (κ2) is 8.59. The Balaban J connectivity index is 2.33. The Morgan fingerprint density at radius 3 is 2.42 bits per heavy atom. The van der Waals surface area contributed by atoms with Crippen molar-refractivity contribution in [3.63, 3.8) is 0 Å². The molecule has 0 bridgehead atoms. The number of para-hydroxylation sites is 1. The molecule has 0 N–H and O–H groups in total. The van der Waals surface area contributed by atoms with Gasteiger partial charge in [0.2, 0.25) is 15.9 Å². The summed E-state index contributed by atoms with van der Waals surface area (Å²) in [6.07, 6.45) is 2.62. The van der Waals surface area contributed by atoms with E-state index in [1.165, 1.54) is 11.2 Å². The molecule has 6 nitrogen and oxygen atoms in total. The Labute approximate surface area is 154 Å². The molecule has 0 aliphatic heterocycles. The van der Waals surface area contributed by atoms with Crippen molar-refractivity contribution in [1.29, 1.82) is 0 Å². The maximum atomic E-state index is 13.0. The van der Waals surface area contributed by atoms with Crippen LogP contribution in [-0.2, 0) is 21.4 Å². The lowest BCUT2D eigenvalue weighted by Crippen LogP contribution is -2.49. The summed E-state index contributed by atoms with van der Waals surface area (Å²) in [7, 11) is -3.65. The molecule has 1 atom stereocenters. The van der Waals surface area contributed by atoms with Crippen LogP contribution in [-0.4, -0.2) is 38.1 Å². The smallest absolute Gasteiger partial charge is 0.247 e. The number of anilines is 1. The van der Waals surface area contributed by atoms with Crippen molar-refractivity contribution < 1.29 is 17.6 Å². The third-order valence-electron chi connectivity index (χ3n) is 3.76. The van der Waals surface area contributed by atoms with Crippen molar-refractivity contribution in [1.82, 2.24) is 4.90 Å². The predicted molar refractivity (Wildman–Crippen MR) is 101 cm³/mol. The zero-order chi connectivity index (χ0) is 19.2. The van der Waals surface area contributed by atoms with Crippen molar-refractivity contribution in [2.75, 3.05) is 17.1 Å². The molecule has 7 heteroatoms. The Kier molecular flexibility index (Phi) is 6.47. The third-order valence-corrected chi connectivity index (χ3v) is 5.00. The first-order chi connectivity index (χ1) is 12.3. The van der Waals surface area contributed by atoms with Crippen LogP contribution in [0.3, 0.4) is 0 Å². The second-order valence-corrected chi connectivity index (χ2v) is 7.63. The van der Waals surface area contributed by atoms with Crippen LogP contribution in [0.1, 0.15) is 19.6 Å². The molecule has 1 amide bonds. The van der Waals surface area contributed by atoms with E-state index in [1.54, 1.807) is 56.3 Å². The van der Waals surface area contributed by atoms with Gasteiger partial charge in [0, 0.05) is 0 Å². The number of hydrogen-bond acceptors (Lipinski definition) is 4. The van der Waals surface area contributed by atoms with Gasteiger partial charge >= 0.3 is 0 Å². The summed E-state index contributed by atoms with van der Waals surface area (Å²) >= 11 is 0. The Hall–Kier alpha value is -2.72. The van der Waals surface area contributed by atoms with Crippen LogP contribution < -0.4 is 4.31 Å². The molecular weight excluding hydrogens is 352 g/mol. The molecule has 1 aromatic carbocycles. The zero-order valence-corrected chi connectivity index (χ0v) is 15.9.